The maximum atomic E-state index is 12.2. The van der Waals surface area contributed by atoms with Crippen molar-refractivity contribution in [2.75, 3.05) is 0 Å². The van der Waals surface area contributed by atoms with Gasteiger partial charge in [-0.2, -0.15) is 0 Å². The topological polar surface area (TPSA) is 42.2 Å². The number of hydrogen-bond donors (Lipinski definition) is 1. The molecule has 0 saturated heterocycles. The first-order chi connectivity index (χ1) is 9.86. The highest BCUT2D eigenvalue weighted by Gasteiger charge is 2.15. The van der Waals surface area contributed by atoms with Crippen molar-refractivity contribution < 1.29 is 9.21 Å². The van der Waals surface area contributed by atoms with Gasteiger partial charge in [0, 0.05) is 11.6 Å². The molecule has 3 nitrogen and oxygen atoms in total. The van der Waals surface area contributed by atoms with Crippen LogP contribution in [0.2, 0.25) is 0 Å². The lowest BCUT2D eigenvalue weighted by Crippen LogP contribution is -2.34. The van der Waals surface area contributed by atoms with E-state index in [1.54, 1.807) is 12.5 Å². The van der Waals surface area contributed by atoms with E-state index in [0.717, 1.165) is 12.0 Å². The molecule has 0 saturated carbocycles. The molecule has 3 heteroatoms. The lowest BCUT2D eigenvalue weighted by Gasteiger charge is -2.19. The standard InChI is InChI=1S/C18H23NO2/c1-13(11-14-9-10-21-12-14)19-17(20)15-5-7-16(8-6-15)18(2,3)4/h5-10,12-13H,11H2,1-4H3,(H,19,20)/t13-/m0/s1. The van der Waals surface area contributed by atoms with Crippen LogP contribution in [0.25, 0.3) is 0 Å². The largest absolute Gasteiger partial charge is 0.472 e. The van der Waals surface area contributed by atoms with Crippen LogP contribution in [0.5, 0.6) is 0 Å². The van der Waals surface area contributed by atoms with Gasteiger partial charge < -0.3 is 9.73 Å². The summed E-state index contributed by atoms with van der Waals surface area (Å²) in [5, 5.41) is 3.01. The molecule has 1 N–H and O–H groups in total. The number of amides is 1. The molecule has 2 rings (SSSR count). The Labute approximate surface area is 126 Å². The fourth-order valence-corrected chi connectivity index (χ4v) is 2.24. The number of nitrogens with one attached hydrogen (secondary N) is 1. The average Bonchev–Trinajstić information content (AvgIpc) is 2.90. The Bertz CT molecular complexity index is 577. The minimum Gasteiger partial charge on any atom is -0.472 e. The van der Waals surface area contributed by atoms with E-state index in [1.807, 2.05) is 37.3 Å². The van der Waals surface area contributed by atoms with Crippen LogP contribution in [0.3, 0.4) is 0 Å². The van der Waals surface area contributed by atoms with E-state index in [9.17, 15) is 4.79 Å². The molecule has 0 aliphatic carbocycles. The second kappa shape index (κ2) is 6.17. The van der Waals surface area contributed by atoms with Crippen molar-refractivity contribution in [3.05, 3.63) is 59.5 Å². The van der Waals surface area contributed by atoms with E-state index in [2.05, 4.69) is 26.1 Å². The highest BCUT2D eigenvalue weighted by Crippen LogP contribution is 2.22. The first-order valence-corrected chi connectivity index (χ1v) is 7.29. The molecular formula is C18H23NO2. The van der Waals surface area contributed by atoms with Crippen LogP contribution in [0, 0.1) is 0 Å². The van der Waals surface area contributed by atoms with Crippen molar-refractivity contribution in [2.45, 2.75) is 45.6 Å². The molecular weight excluding hydrogens is 262 g/mol. The van der Waals surface area contributed by atoms with Gasteiger partial charge in [-0.05, 0) is 48.1 Å². The molecule has 0 spiro atoms. The first-order valence-electron chi connectivity index (χ1n) is 7.29. The number of benzene rings is 1. The van der Waals surface area contributed by atoms with Gasteiger partial charge in [-0.15, -0.1) is 0 Å². The van der Waals surface area contributed by atoms with Crippen LogP contribution in [-0.2, 0) is 11.8 Å². The van der Waals surface area contributed by atoms with E-state index in [4.69, 9.17) is 4.42 Å². The maximum absolute atomic E-state index is 12.2. The Morgan fingerprint density at radius 1 is 1.19 bits per heavy atom. The van der Waals surface area contributed by atoms with Crippen molar-refractivity contribution in [1.82, 2.24) is 5.32 Å². The quantitative estimate of drug-likeness (QED) is 0.924. The third-order valence-electron chi connectivity index (χ3n) is 3.51. The molecule has 1 aromatic carbocycles. The van der Waals surface area contributed by atoms with Crippen LogP contribution < -0.4 is 5.32 Å². The summed E-state index contributed by atoms with van der Waals surface area (Å²) in [6.45, 7) is 8.48. The summed E-state index contributed by atoms with van der Waals surface area (Å²) in [6, 6.07) is 9.81. The van der Waals surface area contributed by atoms with Crippen LogP contribution in [-0.4, -0.2) is 11.9 Å². The molecule has 0 bridgehead atoms. The van der Waals surface area contributed by atoms with Crippen molar-refractivity contribution in [3.8, 4) is 0 Å². The maximum Gasteiger partial charge on any atom is 0.251 e. The number of carbonyl (C=O) groups excluding carboxylic acids is 1. The van der Waals surface area contributed by atoms with E-state index in [-0.39, 0.29) is 17.4 Å². The third-order valence-corrected chi connectivity index (χ3v) is 3.51. The lowest BCUT2D eigenvalue weighted by molar-refractivity contribution is 0.0940. The molecule has 0 fully saturated rings. The lowest BCUT2D eigenvalue weighted by atomic mass is 9.86. The summed E-state index contributed by atoms with van der Waals surface area (Å²) >= 11 is 0. The molecule has 0 radical (unpaired) electrons. The Morgan fingerprint density at radius 2 is 1.86 bits per heavy atom. The summed E-state index contributed by atoms with van der Waals surface area (Å²) in [5.74, 6) is -0.0357. The van der Waals surface area contributed by atoms with Gasteiger partial charge in [-0.3, -0.25) is 4.79 Å². The molecule has 2 aromatic rings. The summed E-state index contributed by atoms with van der Waals surface area (Å²) in [5.41, 5.74) is 3.11. The van der Waals surface area contributed by atoms with Crippen LogP contribution in [0.15, 0.2) is 47.3 Å². The fraction of sp³-hybridized carbons (Fsp3) is 0.389. The molecule has 0 unspecified atom stereocenters. The van der Waals surface area contributed by atoms with Crippen molar-refractivity contribution >= 4 is 5.91 Å². The molecule has 21 heavy (non-hydrogen) atoms. The van der Waals surface area contributed by atoms with E-state index in [0.29, 0.717) is 5.56 Å². The SMILES string of the molecule is C[C@@H](Cc1ccoc1)NC(=O)c1ccc(C(C)(C)C)cc1. The highest BCUT2D eigenvalue weighted by atomic mass is 16.3. The van der Waals surface area contributed by atoms with Gasteiger partial charge in [0.2, 0.25) is 0 Å². The third kappa shape index (κ3) is 4.22. The van der Waals surface area contributed by atoms with Crippen molar-refractivity contribution in [1.29, 1.82) is 0 Å². The predicted molar refractivity (Wildman–Crippen MR) is 84.5 cm³/mol. The molecule has 112 valence electrons. The minimum absolute atomic E-state index is 0.0357. The van der Waals surface area contributed by atoms with Crippen molar-refractivity contribution in [3.63, 3.8) is 0 Å². The van der Waals surface area contributed by atoms with E-state index < -0.39 is 0 Å². The van der Waals surface area contributed by atoms with Crippen LogP contribution in [0.4, 0.5) is 0 Å². The minimum atomic E-state index is -0.0357. The van der Waals surface area contributed by atoms with Crippen molar-refractivity contribution in [2.24, 2.45) is 0 Å². The van der Waals surface area contributed by atoms with E-state index in [1.165, 1.54) is 5.56 Å². The Morgan fingerprint density at radius 3 is 2.38 bits per heavy atom. The molecule has 1 heterocycles. The van der Waals surface area contributed by atoms with Gasteiger partial charge in [0.25, 0.3) is 5.91 Å². The zero-order chi connectivity index (χ0) is 15.5. The monoisotopic (exact) mass is 285 g/mol. The molecule has 1 amide bonds. The second-order valence-electron chi connectivity index (χ2n) is 6.54. The highest BCUT2D eigenvalue weighted by molar-refractivity contribution is 5.94. The van der Waals surface area contributed by atoms with Crippen LogP contribution >= 0.6 is 0 Å². The molecule has 0 aliphatic rings. The Balaban J connectivity index is 1.97. The zero-order valence-electron chi connectivity index (χ0n) is 13.1. The summed E-state index contributed by atoms with van der Waals surface area (Å²) < 4.78 is 5.04. The zero-order valence-corrected chi connectivity index (χ0v) is 13.1. The van der Waals surface area contributed by atoms with Gasteiger partial charge in [0.15, 0.2) is 0 Å². The van der Waals surface area contributed by atoms with Gasteiger partial charge in [0.05, 0.1) is 12.5 Å². The molecule has 1 atom stereocenters. The van der Waals surface area contributed by atoms with Gasteiger partial charge >= 0.3 is 0 Å². The smallest absolute Gasteiger partial charge is 0.251 e. The summed E-state index contributed by atoms with van der Waals surface area (Å²) in [4.78, 5) is 12.2. The van der Waals surface area contributed by atoms with Gasteiger partial charge in [-0.1, -0.05) is 32.9 Å². The number of furan rings is 1. The summed E-state index contributed by atoms with van der Waals surface area (Å²) in [6.07, 6.45) is 4.12. The second-order valence-corrected chi connectivity index (χ2v) is 6.54. The van der Waals surface area contributed by atoms with E-state index >= 15 is 0 Å². The predicted octanol–water partition coefficient (Wildman–Crippen LogP) is 3.94. The summed E-state index contributed by atoms with van der Waals surface area (Å²) in [7, 11) is 0. The number of rotatable bonds is 4. The first kappa shape index (κ1) is 15.4. The number of carbonyl (C=O) groups is 1. The Hall–Kier alpha value is -2.03. The molecule has 1 aromatic heterocycles. The van der Waals surface area contributed by atoms with Gasteiger partial charge in [0.1, 0.15) is 0 Å². The fourth-order valence-electron chi connectivity index (χ4n) is 2.24. The van der Waals surface area contributed by atoms with Gasteiger partial charge in [-0.25, -0.2) is 0 Å². The Kier molecular flexibility index (Phi) is 4.51. The molecule has 0 aliphatic heterocycles. The average molecular weight is 285 g/mol. The normalized spacial score (nSPS) is 13.0. The number of hydrogen-bond acceptors (Lipinski definition) is 2. The van der Waals surface area contributed by atoms with Crippen LogP contribution in [0.1, 0.15) is 49.2 Å².